The summed E-state index contributed by atoms with van der Waals surface area (Å²) in [6.45, 7) is 1.86. The first-order chi connectivity index (χ1) is 28.1. The Labute approximate surface area is 396 Å². The van der Waals surface area contributed by atoms with E-state index in [2.05, 4.69) is 42.0 Å². The number of nitrogens with two attached hydrogens (primary N) is 1. The smallest absolute Gasteiger partial charge is 0.265 e. The van der Waals surface area contributed by atoms with Crippen molar-refractivity contribution in [1.29, 1.82) is 0 Å². The lowest BCUT2D eigenvalue weighted by Gasteiger charge is -2.14. The van der Waals surface area contributed by atoms with Crippen LogP contribution in [0.15, 0.2) is 79.4 Å². The van der Waals surface area contributed by atoms with Crippen molar-refractivity contribution in [3.63, 3.8) is 0 Å². The molecule has 0 aliphatic heterocycles. The van der Waals surface area contributed by atoms with Crippen molar-refractivity contribution < 1.29 is 45.7 Å². The van der Waals surface area contributed by atoms with E-state index in [0.29, 0.717) is 25.4 Å². The van der Waals surface area contributed by atoms with Crippen molar-refractivity contribution >= 4 is 133 Å². The molecule has 0 heterocycles. The zero-order valence-corrected chi connectivity index (χ0v) is 41.1. The second kappa shape index (κ2) is 23.0. The Morgan fingerprint density at radius 3 is 1.55 bits per heavy atom. The van der Waals surface area contributed by atoms with Crippen molar-refractivity contribution in [2.24, 2.45) is 5.73 Å². The molecule has 0 saturated heterocycles. The van der Waals surface area contributed by atoms with Crippen LogP contribution in [0, 0.1) is 0 Å². The van der Waals surface area contributed by atoms with Crippen LogP contribution in [-0.2, 0) is 29.7 Å². The number of likely N-dealkylation sites (N-methyl/N-ethyl adjacent to an activating group) is 1. The van der Waals surface area contributed by atoms with E-state index in [1.165, 1.54) is 44.6 Å². The van der Waals surface area contributed by atoms with E-state index in [0.717, 1.165) is 25.7 Å². The van der Waals surface area contributed by atoms with Crippen LogP contribution in [0.5, 0.6) is 34.5 Å². The summed E-state index contributed by atoms with van der Waals surface area (Å²) in [5, 5.41) is 3.64. The molecule has 6 rings (SSSR count). The number of rotatable bonds is 12. The monoisotopic (exact) mass is 1110 g/mol. The van der Waals surface area contributed by atoms with Gasteiger partial charge in [0.1, 0.15) is 27.9 Å². The molecular formula is C37H36Br2Cl6N3O10S2-. The van der Waals surface area contributed by atoms with E-state index in [1.54, 1.807) is 37.4 Å². The molecule has 23 heteroatoms. The van der Waals surface area contributed by atoms with Crippen molar-refractivity contribution in [2.45, 2.75) is 59.9 Å². The summed E-state index contributed by atoms with van der Waals surface area (Å²) < 4.78 is 67.9. The Morgan fingerprint density at radius 1 is 0.817 bits per heavy atom. The summed E-state index contributed by atoms with van der Waals surface area (Å²) in [6, 6.07) is 15.0. The van der Waals surface area contributed by atoms with Gasteiger partial charge in [0, 0.05) is 39.2 Å². The number of ether oxygens (including phenoxy) is 4. The van der Waals surface area contributed by atoms with E-state index in [-0.39, 0.29) is 71.6 Å². The van der Waals surface area contributed by atoms with Crippen LogP contribution >= 0.6 is 101 Å². The number of halogens is 8. The summed E-state index contributed by atoms with van der Waals surface area (Å²) in [4.78, 5) is 23.9. The molecule has 1 atom stereocenters. The Hall–Kier alpha value is -2.10. The van der Waals surface area contributed by atoms with Gasteiger partial charge in [-0.2, -0.15) is 0 Å². The summed E-state index contributed by atoms with van der Waals surface area (Å²) >= 11 is 33.7. The van der Waals surface area contributed by atoms with Gasteiger partial charge in [-0.1, -0.05) is 85.2 Å². The lowest BCUT2D eigenvalue weighted by Crippen LogP contribution is -2.40. The number of carbonyl (C=O) groups is 2. The molecule has 60 heavy (non-hydrogen) atoms. The number of hydrogen-bond donors (Lipinski definition) is 3. The van der Waals surface area contributed by atoms with E-state index >= 15 is 0 Å². The van der Waals surface area contributed by atoms with Crippen LogP contribution < -0.4 is 34.8 Å². The van der Waals surface area contributed by atoms with Gasteiger partial charge in [0.05, 0.1) is 50.3 Å². The predicted molar refractivity (Wildman–Crippen MR) is 241 cm³/mol. The molecule has 2 saturated carbocycles. The first-order valence-electron chi connectivity index (χ1n) is 17.1. The minimum absolute atomic E-state index is 0.0145. The number of amides is 1. The second-order valence-corrected chi connectivity index (χ2v) is 19.7. The lowest BCUT2D eigenvalue weighted by molar-refractivity contribution is -0.123. The molecule has 0 spiro atoms. The average molecular weight is 1120 g/mol. The van der Waals surface area contributed by atoms with Crippen molar-refractivity contribution in [1.82, 2.24) is 10.2 Å². The summed E-state index contributed by atoms with van der Waals surface area (Å²) in [7, 11) is 5.71. The highest BCUT2D eigenvalue weighted by molar-refractivity contribution is 9.10. The molecule has 4 N–H and O–H groups in total. The maximum Gasteiger partial charge on any atom is 0.265 e. The maximum absolute atomic E-state index is 11.6. The quantitative estimate of drug-likeness (QED) is 0.0691. The second-order valence-electron chi connectivity index (χ2n) is 12.6. The van der Waals surface area contributed by atoms with Gasteiger partial charge >= 0.3 is 0 Å². The SMILES string of the molecule is CCC(=O)C1(NCl)CC1.CNC(=O)C1(N)CC1.COc1ccc(Oc2c(Cl)cc(Br)cc2Cl)cc1S(=O)(=O)Cl.COc1ccc(Oc2c(Cl)cc(Br)cc2Cl)cc1S(=O)[O-]. The standard InChI is InChI=1S/C13H8BrCl3O4S.C13H9BrCl2O4S.C6H10ClNO.C5H10N2O/c1-20-11-3-2-8(6-12(11)22(17,18)19)21-13-9(15)4-7(14)5-10(13)16;1-19-11-3-2-8(6-12(11)21(17)18)20-13-9(15)4-7(14)5-10(13)16;1-2-5(9)6(8-7)3-4-6;1-7-4(8)5(6)2-3-5/h2-6H,1H3;2-6H,1H3,(H,17,18);8H,2-4H2,1H3;2-3,6H2,1H3,(H,7,8)/p-1. The number of benzene rings is 4. The minimum Gasteiger partial charge on any atom is -0.768 e. The summed E-state index contributed by atoms with van der Waals surface area (Å²) in [5.41, 5.74) is 4.67. The fourth-order valence-electron chi connectivity index (χ4n) is 4.75. The van der Waals surface area contributed by atoms with Gasteiger partial charge in [0.25, 0.3) is 9.05 Å². The zero-order valence-electron chi connectivity index (χ0n) is 31.8. The number of methoxy groups -OCH3 is 2. The van der Waals surface area contributed by atoms with Gasteiger partial charge in [0.15, 0.2) is 17.3 Å². The Kier molecular flexibility index (Phi) is 20.0. The van der Waals surface area contributed by atoms with Crippen molar-refractivity contribution in [2.75, 3.05) is 21.3 Å². The van der Waals surface area contributed by atoms with Gasteiger partial charge in [0.2, 0.25) is 5.91 Å². The Balaban J connectivity index is 0.000000232. The highest BCUT2D eigenvalue weighted by atomic mass is 79.9. The molecule has 13 nitrogen and oxygen atoms in total. The summed E-state index contributed by atoms with van der Waals surface area (Å²) in [5.74, 6) is 1.46. The van der Waals surface area contributed by atoms with Crippen LogP contribution in [0.25, 0.3) is 0 Å². The highest BCUT2D eigenvalue weighted by Gasteiger charge is 2.48. The van der Waals surface area contributed by atoms with E-state index < -0.39 is 25.7 Å². The normalized spacial score (nSPS) is 14.6. The van der Waals surface area contributed by atoms with Crippen LogP contribution in [0.2, 0.25) is 20.1 Å². The molecular weight excluding hydrogens is 1080 g/mol. The molecule has 328 valence electrons. The third-order valence-electron chi connectivity index (χ3n) is 8.33. The molecule has 0 radical (unpaired) electrons. The fraction of sp³-hybridized carbons (Fsp3) is 0.297. The number of ketones is 1. The maximum atomic E-state index is 11.6. The first-order valence-corrected chi connectivity index (χ1v) is 23.9. The van der Waals surface area contributed by atoms with Crippen LogP contribution in [-0.4, -0.2) is 61.2 Å². The molecule has 2 fully saturated rings. The van der Waals surface area contributed by atoms with Gasteiger partial charge in [-0.05, 0) is 103 Å². The average Bonchev–Trinajstić information content (AvgIpc) is 4.14. The van der Waals surface area contributed by atoms with Crippen LogP contribution in [0.1, 0.15) is 39.0 Å². The number of hydrogen-bond acceptors (Lipinski definition) is 12. The minimum atomic E-state index is -3.99. The lowest BCUT2D eigenvalue weighted by atomic mass is 10.1. The van der Waals surface area contributed by atoms with Crippen molar-refractivity contribution in [3.05, 3.63) is 89.7 Å². The molecule has 4 aromatic carbocycles. The van der Waals surface area contributed by atoms with E-state index in [4.69, 9.17) is 93.5 Å². The zero-order chi connectivity index (χ0) is 45.2. The van der Waals surface area contributed by atoms with Crippen LogP contribution in [0.4, 0.5) is 0 Å². The topological polar surface area (TPSA) is 195 Å². The molecule has 1 amide bonds. The first kappa shape index (κ1) is 52.2. The molecule has 2 aliphatic rings. The highest BCUT2D eigenvalue weighted by Crippen LogP contribution is 2.42. The number of Topliss-reactive ketones (excluding diaryl/α,β-unsaturated/α-hetero) is 1. The van der Waals surface area contributed by atoms with Crippen molar-refractivity contribution in [3.8, 4) is 34.5 Å². The molecule has 0 bridgehead atoms. The molecule has 0 aromatic heterocycles. The number of nitrogens with one attached hydrogen (secondary N) is 2. The fourth-order valence-corrected chi connectivity index (χ4v) is 9.15. The largest absolute Gasteiger partial charge is 0.768 e. The molecule has 1 unspecified atom stereocenters. The van der Waals surface area contributed by atoms with E-state index in [9.17, 15) is 26.8 Å². The van der Waals surface area contributed by atoms with Gasteiger partial charge in [-0.25, -0.2) is 13.3 Å². The Morgan fingerprint density at radius 2 is 1.25 bits per heavy atom. The van der Waals surface area contributed by atoms with Crippen LogP contribution in [0.3, 0.4) is 0 Å². The van der Waals surface area contributed by atoms with Gasteiger partial charge < -0.3 is 34.6 Å². The van der Waals surface area contributed by atoms with Gasteiger partial charge in [-0.3, -0.25) is 13.8 Å². The third kappa shape index (κ3) is 14.7. The molecule has 2 aliphatic carbocycles. The van der Waals surface area contributed by atoms with E-state index in [1.807, 2.05) is 6.92 Å². The number of carbonyl (C=O) groups excluding carboxylic acids is 2. The predicted octanol–water partition coefficient (Wildman–Crippen LogP) is 10.7. The van der Waals surface area contributed by atoms with Gasteiger partial charge in [-0.15, -0.1) is 0 Å². The Bertz CT molecular complexity index is 2290. The summed E-state index contributed by atoms with van der Waals surface area (Å²) in [6.07, 6.45) is 4.07. The molecule has 4 aromatic rings. The third-order valence-corrected chi connectivity index (χ3v) is 12.8.